The fourth-order valence-corrected chi connectivity index (χ4v) is 3.53. The van der Waals surface area contributed by atoms with Gasteiger partial charge < -0.3 is 10.2 Å². The number of carbonyl (C=O) groups excluding carboxylic acids is 1. The van der Waals surface area contributed by atoms with Gasteiger partial charge in [0.1, 0.15) is 0 Å². The van der Waals surface area contributed by atoms with Crippen molar-refractivity contribution in [1.82, 2.24) is 5.32 Å². The van der Waals surface area contributed by atoms with Gasteiger partial charge in [-0.3, -0.25) is 4.79 Å². The molecule has 0 radical (unpaired) electrons. The Morgan fingerprint density at radius 3 is 1.85 bits per heavy atom. The molecule has 3 rings (SSSR count). The van der Waals surface area contributed by atoms with Crippen molar-refractivity contribution in [2.45, 2.75) is 31.6 Å². The third-order valence-electron chi connectivity index (χ3n) is 4.96. The summed E-state index contributed by atoms with van der Waals surface area (Å²) < 4.78 is 77.9. The van der Waals surface area contributed by atoms with E-state index in [2.05, 4.69) is 5.32 Å². The first kappa shape index (κ1) is 20.8. The van der Waals surface area contributed by atoms with Crippen molar-refractivity contribution in [2.75, 3.05) is 24.5 Å². The summed E-state index contributed by atoms with van der Waals surface area (Å²) in [7, 11) is 0. The van der Waals surface area contributed by atoms with Gasteiger partial charge in [-0.25, -0.2) is 0 Å². The average Bonchev–Trinajstić information content (AvgIpc) is 2.83. The van der Waals surface area contributed by atoms with E-state index in [9.17, 15) is 31.1 Å². The fourth-order valence-electron chi connectivity index (χ4n) is 3.53. The smallest absolute Gasteiger partial charge is 0.317 e. The molecule has 1 amide bonds. The lowest BCUT2D eigenvalue weighted by molar-refractivity contribution is -0.143. The number of hydrogen-bond acceptors (Lipinski definition) is 2. The van der Waals surface area contributed by atoms with Crippen LogP contribution in [0.2, 0.25) is 0 Å². The van der Waals surface area contributed by atoms with Gasteiger partial charge in [0, 0.05) is 12.2 Å². The Morgan fingerprint density at radius 1 is 0.885 bits per heavy atom. The third-order valence-corrected chi connectivity index (χ3v) is 4.96. The highest BCUT2D eigenvalue weighted by atomic mass is 35.5. The second kappa shape index (κ2) is 6.92. The molecule has 0 atom stereocenters. The highest BCUT2D eigenvalue weighted by Crippen LogP contribution is 2.44. The van der Waals surface area contributed by atoms with Crippen molar-refractivity contribution in [2.24, 2.45) is 5.41 Å². The molecule has 0 saturated carbocycles. The van der Waals surface area contributed by atoms with Gasteiger partial charge in [-0.2, -0.15) is 26.3 Å². The first-order valence-corrected chi connectivity index (χ1v) is 7.85. The van der Waals surface area contributed by atoms with Crippen molar-refractivity contribution in [3.05, 3.63) is 29.3 Å². The fraction of sp³-hybridized carbons (Fsp3) is 0.562. The molecule has 2 heterocycles. The summed E-state index contributed by atoms with van der Waals surface area (Å²) in [5.74, 6) is -0.388. The van der Waals surface area contributed by atoms with Crippen LogP contribution in [-0.4, -0.2) is 25.5 Å². The summed E-state index contributed by atoms with van der Waals surface area (Å²) in [5, 5.41) is 3.10. The highest BCUT2D eigenvalue weighted by molar-refractivity contribution is 6.00. The highest BCUT2D eigenvalue weighted by Gasteiger charge is 2.48. The van der Waals surface area contributed by atoms with E-state index in [-0.39, 0.29) is 36.6 Å². The van der Waals surface area contributed by atoms with Crippen LogP contribution < -0.4 is 10.2 Å². The van der Waals surface area contributed by atoms with Crippen LogP contribution >= 0.6 is 12.4 Å². The van der Waals surface area contributed by atoms with Crippen LogP contribution in [-0.2, 0) is 17.1 Å². The van der Waals surface area contributed by atoms with E-state index in [4.69, 9.17) is 0 Å². The normalized spacial score (nSPS) is 20.4. The summed E-state index contributed by atoms with van der Waals surface area (Å²) in [6, 6.07) is 1.31. The summed E-state index contributed by atoms with van der Waals surface area (Å²) >= 11 is 0. The summed E-state index contributed by atoms with van der Waals surface area (Å²) in [6.45, 7) is 1.34. The number of nitrogens with zero attached hydrogens (tertiary/aromatic N) is 1. The number of alkyl halides is 6. The van der Waals surface area contributed by atoms with Crippen molar-refractivity contribution < 1.29 is 31.1 Å². The molecule has 0 unspecified atom stereocenters. The molecule has 1 spiro atoms. The zero-order chi connectivity index (χ0) is 18.5. The SMILES string of the molecule is Cl.O=C1N(c2cc(C(F)(F)F)cc(C(F)(F)F)c2)CCC12CCNCC2. The molecule has 146 valence electrons. The van der Waals surface area contributed by atoms with E-state index in [1.54, 1.807) is 0 Å². The van der Waals surface area contributed by atoms with Gasteiger partial charge in [-0.15, -0.1) is 12.4 Å². The quantitative estimate of drug-likeness (QED) is 0.712. The number of halogens is 7. The molecule has 3 nitrogen and oxygen atoms in total. The molecule has 0 aliphatic carbocycles. The monoisotopic (exact) mass is 402 g/mol. The third kappa shape index (κ3) is 3.78. The minimum absolute atomic E-state index is 0. The number of hydrogen-bond donors (Lipinski definition) is 1. The topological polar surface area (TPSA) is 32.3 Å². The summed E-state index contributed by atoms with van der Waals surface area (Å²) in [6.07, 6.45) is -8.34. The molecule has 10 heteroatoms. The van der Waals surface area contributed by atoms with Gasteiger partial charge in [0.05, 0.1) is 16.5 Å². The number of nitrogens with one attached hydrogen (secondary N) is 1. The molecule has 1 aromatic carbocycles. The van der Waals surface area contributed by atoms with Gasteiger partial charge in [0.15, 0.2) is 0 Å². The summed E-state index contributed by atoms with van der Waals surface area (Å²) in [5.41, 5.74) is -3.84. The molecule has 2 saturated heterocycles. The van der Waals surface area contributed by atoms with Crippen molar-refractivity contribution in [3.63, 3.8) is 0 Å². The molecule has 0 bridgehead atoms. The van der Waals surface area contributed by atoms with Crippen molar-refractivity contribution in [3.8, 4) is 0 Å². The Labute approximate surface area is 152 Å². The van der Waals surface area contributed by atoms with E-state index in [0.29, 0.717) is 44.5 Å². The van der Waals surface area contributed by atoms with Crippen LogP contribution in [0.15, 0.2) is 18.2 Å². The van der Waals surface area contributed by atoms with Crippen molar-refractivity contribution >= 4 is 24.0 Å². The predicted octanol–water partition coefficient (Wildman–Crippen LogP) is 4.25. The Kier molecular flexibility index (Phi) is 5.54. The van der Waals surface area contributed by atoms with Crippen LogP contribution in [0, 0.1) is 5.41 Å². The maximum Gasteiger partial charge on any atom is 0.416 e. The Balaban J connectivity index is 0.00000243. The molecule has 26 heavy (non-hydrogen) atoms. The Morgan fingerprint density at radius 2 is 1.38 bits per heavy atom. The molecule has 0 aromatic heterocycles. The maximum absolute atomic E-state index is 13.0. The predicted molar refractivity (Wildman–Crippen MR) is 85.2 cm³/mol. The lowest BCUT2D eigenvalue weighted by atomic mass is 9.77. The van der Waals surface area contributed by atoms with Crippen LogP contribution in [0.5, 0.6) is 0 Å². The standard InChI is InChI=1S/C16H16F6N2O.ClH/c17-15(18,19)10-7-11(16(20,21)22)9-12(8-10)24-6-3-14(13(24)25)1-4-23-5-2-14;/h7-9,23H,1-6H2;1H. The number of carbonyl (C=O) groups is 1. The van der Waals surface area contributed by atoms with E-state index < -0.39 is 28.9 Å². The van der Waals surface area contributed by atoms with E-state index >= 15 is 0 Å². The van der Waals surface area contributed by atoms with Crippen LogP contribution in [0.25, 0.3) is 0 Å². The molecule has 2 aliphatic heterocycles. The van der Waals surface area contributed by atoms with Gasteiger partial charge >= 0.3 is 12.4 Å². The van der Waals surface area contributed by atoms with Crippen LogP contribution in [0.4, 0.5) is 32.0 Å². The summed E-state index contributed by atoms with van der Waals surface area (Å²) in [4.78, 5) is 13.8. The zero-order valence-corrected chi connectivity index (χ0v) is 14.3. The van der Waals surface area contributed by atoms with Gasteiger partial charge in [0.2, 0.25) is 5.91 Å². The molecule has 2 aliphatic rings. The largest absolute Gasteiger partial charge is 0.416 e. The molecular formula is C16H17ClF6N2O. The molecule has 2 fully saturated rings. The van der Waals surface area contributed by atoms with Crippen LogP contribution in [0.3, 0.4) is 0 Å². The van der Waals surface area contributed by atoms with E-state index in [1.165, 1.54) is 0 Å². The maximum atomic E-state index is 13.0. The lowest BCUT2D eigenvalue weighted by Gasteiger charge is -2.32. The molecular weight excluding hydrogens is 386 g/mol. The van der Waals surface area contributed by atoms with Gasteiger partial charge in [0.25, 0.3) is 0 Å². The number of benzene rings is 1. The van der Waals surface area contributed by atoms with Crippen LogP contribution in [0.1, 0.15) is 30.4 Å². The first-order chi connectivity index (χ1) is 11.5. The van der Waals surface area contributed by atoms with Gasteiger partial charge in [-0.05, 0) is 50.6 Å². The Bertz CT molecular complexity index is 650. The second-order valence-corrected chi connectivity index (χ2v) is 6.50. The van der Waals surface area contributed by atoms with E-state index in [1.807, 2.05) is 0 Å². The number of rotatable bonds is 1. The molecule has 1 N–H and O–H groups in total. The minimum Gasteiger partial charge on any atom is -0.317 e. The minimum atomic E-state index is -4.93. The molecule has 1 aromatic rings. The Hall–Kier alpha value is -1.48. The van der Waals surface area contributed by atoms with E-state index in [0.717, 1.165) is 4.90 Å². The lowest BCUT2D eigenvalue weighted by Crippen LogP contribution is -2.42. The zero-order valence-electron chi connectivity index (χ0n) is 13.5. The van der Waals surface area contributed by atoms with Gasteiger partial charge in [-0.1, -0.05) is 0 Å². The first-order valence-electron chi connectivity index (χ1n) is 7.85. The number of piperidine rings is 1. The second-order valence-electron chi connectivity index (χ2n) is 6.50. The average molecular weight is 403 g/mol. The number of anilines is 1. The number of amides is 1. The van der Waals surface area contributed by atoms with Crippen molar-refractivity contribution in [1.29, 1.82) is 0 Å².